The summed E-state index contributed by atoms with van der Waals surface area (Å²) in [6.07, 6.45) is 7.81. The number of rotatable bonds is 7. The Hall–Kier alpha value is -3.13. The van der Waals surface area contributed by atoms with Crippen LogP contribution in [0.3, 0.4) is 0 Å². The van der Waals surface area contributed by atoms with Gasteiger partial charge in [-0.15, -0.1) is 0 Å². The normalized spacial score (nSPS) is 20.9. The molecule has 2 unspecified atom stereocenters. The zero-order valence-electron chi connectivity index (χ0n) is 18.6. The van der Waals surface area contributed by atoms with Crippen molar-refractivity contribution < 1.29 is 19.4 Å². The van der Waals surface area contributed by atoms with Gasteiger partial charge >= 0.3 is 5.97 Å². The highest BCUT2D eigenvalue weighted by molar-refractivity contribution is 6.04. The molecular weight excluding hydrogens is 396 g/mol. The van der Waals surface area contributed by atoms with E-state index in [0.717, 1.165) is 24.3 Å². The Kier molecular flexibility index (Phi) is 6.80. The van der Waals surface area contributed by atoms with E-state index < -0.39 is 12.1 Å². The number of amides is 1. The largest absolute Gasteiger partial charge is 0.478 e. The number of allylic oxidation sites excluding steroid dienone is 2. The first-order chi connectivity index (χ1) is 14.8. The molecule has 0 spiro atoms. The SMILES string of the molecule is CCC(CC)N1c2nc(NC3=CC=C(C(=O)O)C=CC3OC)ccc2N(C)C(=O)C1C. The summed E-state index contributed by atoms with van der Waals surface area (Å²) >= 11 is 0. The van der Waals surface area contributed by atoms with Gasteiger partial charge in [0.2, 0.25) is 5.91 Å². The fourth-order valence-electron chi connectivity index (χ4n) is 4.07. The second kappa shape index (κ2) is 9.34. The van der Waals surface area contributed by atoms with E-state index in [1.165, 1.54) is 12.2 Å². The van der Waals surface area contributed by atoms with Crippen LogP contribution in [-0.2, 0) is 14.3 Å². The number of fused-ring (bicyclic) bond motifs is 1. The van der Waals surface area contributed by atoms with Gasteiger partial charge in [0, 0.05) is 25.9 Å². The van der Waals surface area contributed by atoms with E-state index in [-0.39, 0.29) is 23.6 Å². The van der Waals surface area contributed by atoms with Crippen LogP contribution in [0.2, 0.25) is 0 Å². The van der Waals surface area contributed by atoms with Gasteiger partial charge in [0.25, 0.3) is 0 Å². The molecule has 0 fully saturated rings. The van der Waals surface area contributed by atoms with Crippen molar-refractivity contribution in [1.29, 1.82) is 0 Å². The number of carbonyl (C=O) groups is 2. The van der Waals surface area contributed by atoms with E-state index in [0.29, 0.717) is 11.5 Å². The van der Waals surface area contributed by atoms with Crippen LogP contribution in [-0.4, -0.2) is 54.3 Å². The molecule has 2 atom stereocenters. The molecule has 2 heterocycles. The lowest BCUT2D eigenvalue weighted by Gasteiger charge is -2.43. The number of ether oxygens (including phenoxy) is 1. The third-order valence-corrected chi connectivity index (χ3v) is 5.87. The van der Waals surface area contributed by atoms with Gasteiger partial charge in [-0.1, -0.05) is 13.8 Å². The Morgan fingerprint density at radius 2 is 2.00 bits per heavy atom. The number of nitrogens with zero attached hydrogens (tertiary/aromatic N) is 3. The Bertz CT molecular complexity index is 949. The summed E-state index contributed by atoms with van der Waals surface area (Å²) < 4.78 is 5.50. The van der Waals surface area contributed by atoms with E-state index in [2.05, 4.69) is 24.1 Å². The lowest BCUT2D eigenvalue weighted by Crippen LogP contribution is -2.54. The van der Waals surface area contributed by atoms with E-state index >= 15 is 0 Å². The number of anilines is 3. The molecule has 8 heteroatoms. The summed E-state index contributed by atoms with van der Waals surface area (Å²) in [5.74, 6) is 0.398. The van der Waals surface area contributed by atoms with Gasteiger partial charge in [0.1, 0.15) is 18.0 Å². The van der Waals surface area contributed by atoms with Crippen LogP contribution in [0.15, 0.2) is 47.7 Å². The van der Waals surface area contributed by atoms with Crippen LogP contribution < -0.4 is 15.1 Å². The summed E-state index contributed by atoms with van der Waals surface area (Å²) in [6, 6.07) is 3.59. The van der Waals surface area contributed by atoms with Gasteiger partial charge in [-0.25, -0.2) is 9.78 Å². The van der Waals surface area contributed by atoms with Crippen molar-refractivity contribution in [3.63, 3.8) is 0 Å². The van der Waals surface area contributed by atoms with Gasteiger partial charge in [-0.3, -0.25) is 4.79 Å². The molecule has 0 saturated carbocycles. The highest BCUT2D eigenvalue weighted by atomic mass is 16.5. The second-order valence-electron chi connectivity index (χ2n) is 7.68. The lowest BCUT2D eigenvalue weighted by molar-refractivity contribution is -0.132. The molecular formula is C23H30N4O4. The molecule has 1 aliphatic carbocycles. The fraction of sp³-hybridized carbons (Fsp3) is 0.435. The number of aromatic nitrogens is 1. The van der Waals surface area contributed by atoms with Gasteiger partial charge in [0.15, 0.2) is 5.82 Å². The first-order valence-corrected chi connectivity index (χ1v) is 10.5. The molecule has 166 valence electrons. The Labute approximate surface area is 182 Å². The average molecular weight is 427 g/mol. The van der Waals surface area contributed by atoms with Gasteiger partial charge < -0.3 is 25.0 Å². The van der Waals surface area contributed by atoms with Crippen molar-refractivity contribution in [2.45, 2.75) is 51.8 Å². The smallest absolute Gasteiger partial charge is 0.335 e. The summed E-state index contributed by atoms with van der Waals surface area (Å²) in [6.45, 7) is 6.15. The number of carboxylic acids is 1. The molecule has 0 bridgehead atoms. The number of aliphatic carboxylic acids is 1. The minimum Gasteiger partial charge on any atom is -0.478 e. The molecule has 2 aliphatic rings. The molecule has 1 amide bonds. The first kappa shape index (κ1) is 22.6. The Morgan fingerprint density at radius 1 is 1.29 bits per heavy atom. The number of methoxy groups -OCH3 is 1. The molecule has 31 heavy (non-hydrogen) atoms. The number of carbonyl (C=O) groups excluding carboxylic acids is 1. The molecule has 0 radical (unpaired) electrons. The van der Waals surface area contributed by atoms with Crippen LogP contribution in [0, 0.1) is 0 Å². The van der Waals surface area contributed by atoms with E-state index in [4.69, 9.17) is 9.72 Å². The van der Waals surface area contributed by atoms with Crippen LogP contribution in [0.25, 0.3) is 0 Å². The Balaban J connectivity index is 2.01. The van der Waals surface area contributed by atoms with Gasteiger partial charge in [-0.05, 0) is 56.2 Å². The topological polar surface area (TPSA) is 95.0 Å². The lowest BCUT2D eigenvalue weighted by atomic mass is 10.0. The zero-order valence-corrected chi connectivity index (χ0v) is 18.6. The predicted octanol–water partition coefficient (Wildman–Crippen LogP) is 3.33. The first-order valence-electron chi connectivity index (χ1n) is 10.5. The Morgan fingerprint density at radius 3 is 2.61 bits per heavy atom. The summed E-state index contributed by atoms with van der Waals surface area (Å²) in [4.78, 5) is 32.7. The number of carboxylic acid groups (broad SMARTS) is 1. The van der Waals surface area contributed by atoms with E-state index in [9.17, 15) is 14.7 Å². The van der Waals surface area contributed by atoms with Crippen LogP contribution in [0.1, 0.15) is 33.6 Å². The predicted molar refractivity (Wildman–Crippen MR) is 121 cm³/mol. The standard InChI is InChI=1S/C23H30N4O4/c1-6-16(7-2)27-14(3)22(28)26(4)18-11-13-20(25-21(18)27)24-17-10-8-15(23(29)30)9-12-19(17)31-5/h8-14,16,19H,6-7H2,1-5H3,(H,24,25)(H,29,30). The van der Waals surface area contributed by atoms with Gasteiger partial charge in [-0.2, -0.15) is 0 Å². The molecule has 0 saturated heterocycles. The highest BCUT2D eigenvalue weighted by Gasteiger charge is 2.37. The third kappa shape index (κ3) is 4.34. The molecule has 3 rings (SSSR count). The molecule has 0 aromatic carbocycles. The van der Waals surface area contributed by atoms with Crippen molar-refractivity contribution in [2.24, 2.45) is 0 Å². The van der Waals surface area contributed by atoms with Crippen molar-refractivity contribution in [3.05, 3.63) is 47.7 Å². The van der Waals surface area contributed by atoms with Crippen LogP contribution in [0.4, 0.5) is 17.3 Å². The maximum atomic E-state index is 12.8. The molecule has 1 aromatic heterocycles. The van der Waals surface area contributed by atoms with Gasteiger partial charge in [0.05, 0.1) is 11.3 Å². The van der Waals surface area contributed by atoms with E-state index in [1.807, 2.05) is 19.1 Å². The third-order valence-electron chi connectivity index (χ3n) is 5.87. The van der Waals surface area contributed by atoms with Crippen molar-refractivity contribution in [3.8, 4) is 0 Å². The molecule has 1 aliphatic heterocycles. The number of hydrogen-bond acceptors (Lipinski definition) is 6. The van der Waals surface area contributed by atoms with Crippen LogP contribution in [0.5, 0.6) is 0 Å². The molecule has 8 nitrogen and oxygen atoms in total. The molecule has 1 aromatic rings. The van der Waals surface area contributed by atoms with E-state index in [1.54, 1.807) is 31.2 Å². The fourth-order valence-corrected chi connectivity index (χ4v) is 4.07. The summed E-state index contributed by atoms with van der Waals surface area (Å²) in [5, 5.41) is 12.5. The van der Waals surface area contributed by atoms with Crippen molar-refractivity contribution in [2.75, 3.05) is 29.3 Å². The zero-order chi connectivity index (χ0) is 22.7. The summed E-state index contributed by atoms with van der Waals surface area (Å²) in [7, 11) is 3.34. The summed E-state index contributed by atoms with van der Waals surface area (Å²) in [5.41, 5.74) is 1.61. The number of hydrogen-bond donors (Lipinski definition) is 2. The number of nitrogens with one attached hydrogen (secondary N) is 1. The molecule has 2 N–H and O–H groups in total. The van der Waals surface area contributed by atoms with Crippen LogP contribution >= 0.6 is 0 Å². The number of pyridine rings is 1. The highest BCUT2D eigenvalue weighted by Crippen LogP contribution is 2.37. The average Bonchev–Trinajstić information content (AvgIpc) is 2.97. The number of likely N-dealkylation sites (N-methyl/N-ethyl adjacent to an activating group) is 1. The maximum Gasteiger partial charge on any atom is 0.335 e. The minimum atomic E-state index is -1.00. The van der Waals surface area contributed by atoms with Crippen molar-refractivity contribution in [1.82, 2.24) is 4.98 Å². The minimum absolute atomic E-state index is 0.0457. The quantitative estimate of drug-likeness (QED) is 0.690. The van der Waals surface area contributed by atoms with Crippen molar-refractivity contribution >= 4 is 29.2 Å². The maximum absolute atomic E-state index is 12.8. The monoisotopic (exact) mass is 426 g/mol. The second-order valence-corrected chi connectivity index (χ2v) is 7.68.